The number of carbonyl (C=O) groups is 1. The highest BCUT2D eigenvalue weighted by atomic mass is 19.4. The Labute approximate surface area is 115 Å². The quantitative estimate of drug-likeness (QED) is 0.906. The highest BCUT2D eigenvalue weighted by molar-refractivity contribution is 5.79. The number of rotatable bonds is 2. The van der Waals surface area contributed by atoms with Crippen LogP contribution in [0.1, 0.15) is 24.5 Å². The van der Waals surface area contributed by atoms with Crippen LogP contribution in [0.15, 0.2) is 24.3 Å². The third-order valence-electron chi connectivity index (χ3n) is 3.48. The minimum atomic E-state index is -4.41. The van der Waals surface area contributed by atoms with Crippen LogP contribution < -0.4 is 0 Å². The molecule has 110 valence electrons. The highest BCUT2D eigenvalue weighted by Crippen LogP contribution is 2.29. The summed E-state index contributed by atoms with van der Waals surface area (Å²) in [5.41, 5.74) is -0.421. The highest BCUT2D eigenvalue weighted by Gasteiger charge is 2.32. The van der Waals surface area contributed by atoms with Crippen LogP contribution >= 0.6 is 0 Å². The molecule has 1 N–H and O–H groups in total. The van der Waals surface area contributed by atoms with E-state index in [0.717, 1.165) is 12.1 Å². The number of hydrogen-bond acceptors (Lipinski definition) is 2. The number of benzene rings is 1. The van der Waals surface area contributed by atoms with E-state index < -0.39 is 17.8 Å². The van der Waals surface area contributed by atoms with E-state index in [-0.39, 0.29) is 24.9 Å². The predicted molar refractivity (Wildman–Crippen MR) is 66.9 cm³/mol. The van der Waals surface area contributed by atoms with Crippen LogP contribution in [-0.4, -0.2) is 34.6 Å². The van der Waals surface area contributed by atoms with Crippen molar-refractivity contribution in [2.75, 3.05) is 6.54 Å². The first-order valence-corrected chi connectivity index (χ1v) is 6.41. The predicted octanol–water partition coefficient (Wildman–Crippen LogP) is 2.23. The largest absolute Gasteiger partial charge is 0.416 e. The fourth-order valence-electron chi connectivity index (χ4n) is 2.48. The Bertz CT molecular complexity index is 501. The lowest BCUT2D eigenvalue weighted by molar-refractivity contribution is -0.138. The van der Waals surface area contributed by atoms with Gasteiger partial charge in [0.05, 0.1) is 18.1 Å². The van der Waals surface area contributed by atoms with Gasteiger partial charge in [-0.1, -0.05) is 18.2 Å². The number of aliphatic hydroxyl groups excluding tert-OH is 1. The van der Waals surface area contributed by atoms with E-state index in [9.17, 15) is 23.1 Å². The van der Waals surface area contributed by atoms with Crippen LogP contribution in [0.4, 0.5) is 13.2 Å². The zero-order valence-corrected chi connectivity index (χ0v) is 11.0. The maximum Gasteiger partial charge on any atom is 0.416 e. The van der Waals surface area contributed by atoms with Gasteiger partial charge in [-0.15, -0.1) is 0 Å². The van der Waals surface area contributed by atoms with Crippen molar-refractivity contribution in [3.63, 3.8) is 0 Å². The van der Waals surface area contributed by atoms with Gasteiger partial charge in [0.2, 0.25) is 5.91 Å². The molecule has 2 atom stereocenters. The second kappa shape index (κ2) is 5.44. The second-order valence-electron chi connectivity index (χ2n) is 5.16. The van der Waals surface area contributed by atoms with Gasteiger partial charge in [0.15, 0.2) is 0 Å². The molecule has 6 heteroatoms. The Hall–Kier alpha value is -1.56. The van der Waals surface area contributed by atoms with E-state index in [1.54, 1.807) is 0 Å². The van der Waals surface area contributed by atoms with Crippen LogP contribution in [0.5, 0.6) is 0 Å². The van der Waals surface area contributed by atoms with Gasteiger partial charge >= 0.3 is 6.18 Å². The average Bonchev–Trinajstić information content (AvgIpc) is 2.68. The van der Waals surface area contributed by atoms with Crippen LogP contribution in [0.25, 0.3) is 0 Å². The van der Waals surface area contributed by atoms with E-state index in [1.807, 2.05) is 6.92 Å². The molecule has 0 unspecified atom stereocenters. The molecule has 0 aromatic heterocycles. The molecule has 0 saturated carbocycles. The summed E-state index contributed by atoms with van der Waals surface area (Å²) < 4.78 is 37.8. The molecule has 1 aromatic rings. The third-order valence-corrected chi connectivity index (χ3v) is 3.48. The van der Waals surface area contributed by atoms with E-state index in [1.165, 1.54) is 17.0 Å². The summed E-state index contributed by atoms with van der Waals surface area (Å²) in [4.78, 5) is 13.6. The lowest BCUT2D eigenvalue weighted by atomic mass is 10.1. The van der Waals surface area contributed by atoms with Gasteiger partial charge in [0.25, 0.3) is 0 Å². The Morgan fingerprint density at radius 1 is 1.45 bits per heavy atom. The van der Waals surface area contributed by atoms with E-state index >= 15 is 0 Å². The first-order valence-electron chi connectivity index (χ1n) is 6.41. The summed E-state index contributed by atoms with van der Waals surface area (Å²) in [6.07, 6.45) is -4.53. The lowest BCUT2D eigenvalue weighted by Gasteiger charge is -2.21. The molecule has 3 nitrogen and oxygen atoms in total. The summed E-state index contributed by atoms with van der Waals surface area (Å²) in [7, 11) is 0. The van der Waals surface area contributed by atoms with Crippen molar-refractivity contribution >= 4 is 5.91 Å². The number of amides is 1. The first kappa shape index (κ1) is 14.8. The van der Waals surface area contributed by atoms with Gasteiger partial charge in [-0.05, 0) is 25.0 Å². The van der Waals surface area contributed by atoms with Crippen LogP contribution in [0.2, 0.25) is 0 Å². The Balaban J connectivity index is 2.09. The standard InChI is InChI=1S/C14H16F3NO2/c1-9-5-12(19)8-18(9)13(20)7-10-3-2-4-11(6-10)14(15,16)17/h2-4,6,9,12,19H,5,7-8H2,1H3/t9-,12+/m0/s1. The molecule has 0 aliphatic carbocycles. The SMILES string of the molecule is C[C@H]1C[C@@H](O)CN1C(=O)Cc1cccc(C(F)(F)F)c1. The van der Waals surface area contributed by atoms with Gasteiger partial charge in [-0.2, -0.15) is 13.2 Å². The maximum absolute atomic E-state index is 12.6. The zero-order chi connectivity index (χ0) is 14.9. The second-order valence-corrected chi connectivity index (χ2v) is 5.16. The minimum Gasteiger partial charge on any atom is -0.391 e. The van der Waals surface area contributed by atoms with Crippen molar-refractivity contribution in [1.29, 1.82) is 0 Å². The minimum absolute atomic E-state index is 0.0803. The molecule has 1 aromatic carbocycles. The van der Waals surface area contributed by atoms with Crippen molar-refractivity contribution < 1.29 is 23.1 Å². The van der Waals surface area contributed by atoms with Gasteiger partial charge < -0.3 is 10.0 Å². The molecule has 1 amide bonds. The number of halogens is 3. The summed E-state index contributed by atoms with van der Waals surface area (Å²) in [6, 6.07) is 4.70. The molecular weight excluding hydrogens is 271 g/mol. The number of aliphatic hydroxyl groups is 1. The van der Waals surface area contributed by atoms with Crippen molar-refractivity contribution in [2.45, 2.75) is 38.1 Å². The summed E-state index contributed by atoms with van der Waals surface area (Å²) in [6.45, 7) is 2.07. The van der Waals surface area contributed by atoms with Gasteiger partial charge in [-0.25, -0.2) is 0 Å². The molecular formula is C14H16F3NO2. The Morgan fingerprint density at radius 2 is 2.15 bits per heavy atom. The lowest BCUT2D eigenvalue weighted by Crippen LogP contribution is -2.35. The number of alkyl halides is 3. The van der Waals surface area contributed by atoms with E-state index in [0.29, 0.717) is 12.0 Å². The molecule has 1 saturated heterocycles. The maximum atomic E-state index is 12.6. The van der Waals surface area contributed by atoms with Gasteiger partial charge in [-0.3, -0.25) is 4.79 Å². The fraction of sp³-hybridized carbons (Fsp3) is 0.500. The van der Waals surface area contributed by atoms with Crippen molar-refractivity contribution in [1.82, 2.24) is 4.90 Å². The van der Waals surface area contributed by atoms with Crippen LogP contribution in [-0.2, 0) is 17.4 Å². The molecule has 1 aliphatic heterocycles. The molecule has 0 spiro atoms. The molecule has 1 fully saturated rings. The number of hydrogen-bond donors (Lipinski definition) is 1. The number of nitrogens with zero attached hydrogens (tertiary/aromatic N) is 1. The average molecular weight is 287 g/mol. The Morgan fingerprint density at radius 3 is 2.70 bits per heavy atom. The normalized spacial score (nSPS) is 23.1. The van der Waals surface area contributed by atoms with Crippen LogP contribution in [0.3, 0.4) is 0 Å². The molecule has 20 heavy (non-hydrogen) atoms. The van der Waals surface area contributed by atoms with Gasteiger partial charge in [0, 0.05) is 12.6 Å². The van der Waals surface area contributed by atoms with E-state index in [4.69, 9.17) is 0 Å². The van der Waals surface area contributed by atoms with Crippen molar-refractivity contribution in [3.8, 4) is 0 Å². The van der Waals surface area contributed by atoms with Crippen molar-refractivity contribution in [2.24, 2.45) is 0 Å². The summed E-state index contributed by atoms with van der Waals surface area (Å²) >= 11 is 0. The number of likely N-dealkylation sites (tertiary alicyclic amines) is 1. The van der Waals surface area contributed by atoms with Gasteiger partial charge in [0.1, 0.15) is 0 Å². The van der Waals surface area contributed by atoms with Crippen molar-refractivity contribution in [3.05, 3.63) is 35.4 Å². The summed E-state index contributed by atoms with van der Waals surface area (Å²) in [5, 5.41) is 9.49. The molecule has 0 bridgehead atoms. The monoisotopic (exact) mass is 287 g/mol. The third kappa shape index (κ3) is 3.30. The summed E-state index contributed by atoms with van der Waals surface area (Å²) in [5.74, 6) is -0.256. The van der Waals surface area contributed by atoms with E-state index in [2.05, 4.69) is 0 Å². The molecule has 2 rings (SSSR count). The smallest absolute Gasteiger partial charge is 0.391 e. The first-order chi connectivity index (χ1) is 9.27. The molecule has 1 heterocycles. The topological polar surface area (TPSA) is 40.5 Å². The molecule has 0 radical (unpaired) electrons. The fourth-order valence-corrected chi connectivity index (χ4v) is 2.48. The number of β-amino-alcohol motifs (C(OH)–C–C–N with tert-alkyl or cyclic N) is 1. The number of carbonyl (C=O) groups excluding carboxylic acids is 1. The van der Waals surface area contributed by atoms with Crippen LogP contribution in [0, 0.1) is 0 Å². The zero-order valence-electron chi connectivity index (χ0n) is 11.0. The molecule has 1 aliphatic rings. The Kier molecular flexibility index (Phi) is 4.04.